The molecule has 0 unspecified atom stereocenters. The second kappa shape index (κ2) is 6.44. The molecule has 2 heterocycles. The highest BCUT2D eigenvalue weighted by atomic mass is 35.5. The summed E-state index contributed by atoms with van der Waals surface area (Å²) in [5.74, 6) is -1.68. The fourth-order valence-corrected chi connectivity index (χ4v) is 2.89. The first-order valence-electron chi connectivity index (χ1n) is 7.50. The van der Waals surface area contributed by atoms with E-state index in [9.17, 15) is 13.2 Å². The number of benzene rings is 2. The van der Waals surface area contributed by atoms with Gasteiger partial charge in [-0.1, -0.05) is 6.07 Å². The number of fused-ring (bicyclic) bond motifs is 1. The zero-order valence-electron chi connectivity index (χ0n) is 13.2. The van der Waals surface area contributed by atoms with Gasteiger partial charge in [-0.25, -0.2) is 13.2 Å². The molecule has 0 saturated heterocycles. The molecule has 3 nitrogen and oxygen atoms in total. The Morgan fingerprint density at radius 1 is 1.12 bits per heavy atom. The Kier molecular flexibility index (Phi) is 4.47. The van der Waals surface area contributed by atoms with Gasteiger partial charge in [0.05, 0.1) is 12.8 Å². The zero-order chi connectivity index (χ0) is 16.8. The Balaban J connectivity index is 0.00000182. The molecule has 7 heteroatoms. The molecule has 0 saturated carbocycles. The number of aliphatic imine (C=N–C) groups is 1. The van der Waals surface area contributed by atoms with E-state index in [0.29, 0.717) is 23.7 Å². The number of hydrogen-bond donors (Lipinski definition) is 1. The fourth-order valence-electron chi connectivity index (χ4n) is 2.89. The third-order valence-corrected chi connectivity index (χ3v) is 4.18. The predicted molar refractivity (Wildman–Crippen MR) is 92.9 cm³/mol. The molecule has 1 N–H and O–H groups in total. The molecule has 4 rings (SSSR count). The first-order chi connectivity index (χ1) is 11.6. The molecule has 0 amide bonds. The van der Waals surface area contributed by atoms with E-state index in [1.807, 2.05) is 0 Å². The molecule has 3 aromatic rings. The first kappa shape index (κ1) is 17.4. The van der Waals surface area contributed by atoms with Crippen LogP contribution >= 0.6 is 12.4 Å². The number of rotatable bonds is 2. The smallest absolute Gasteiger partial charge is 0.176 e. The quantitative estimate of drug-likeness (QED) is 0.673. The van der Waals surface area contributed by atoms with E-state index >= 15 is 0 Å². The van der Waals surface area contributed by atoms with Crippen molar-refractivity contribution in [3.05, 3.63) is 59.3 Å². The number of amidine groups is 1. The van der Waals surface area contributed by atoms with Crippen LogP contribution in [-0.4, -0.2) is 18.9 Å². The Bertz CT molecular complexity index is 998. The highest BCUT2D eigenvalue weighted by Gasteiger charge is 2.19. The Morgan fingerprint density at radius 3 is 2.64 bits per heavy atom. The van der Waals surface area contributed by atoms with Gasteiger partial charge >= 0.3 is 0 Å². The monoisotopic (exact) mass is 366 g/mol. The summed E-state index contributed by atoms with van der Waals surface area (Å²) in [6.45, 7) is 2.67. The summed E-state index contributed by atoms with van der Waals surface area (Å²) in [4.78, 5) is 4.32. The average Bonchev–Trinajstić information content (AvgIpc) is 3.24. The Labute approximate surface area is 148 Å². The summed E-state index contributed by atoms with van der Waals surface area (Å²) in [7, 11) is 0. The van der Waals surface area contributed by atoms with E-state index in [2.05, 4.69) is 10.3 Å². The number of furan rings is 1. The molecule has 0 fully saturated rings. The maximum absolute atomic E-state index is 14.3. The first-order valence-corrected chi connectivity index (χ1v) is 7.50. The van der Waals surface area contributed by atoms with Crippen LogP contribution in [0, 0.1) is 24.4 Å². The van der Waals surface area contributed by atoms with Crippen molar-refractivity contribution in [2.75, 3.05) is 13.1 Å². The molecule has 1 aliphatic heterocycles. The minimum absolute atomic E-state index is 0. The van der Waals surface area contributed by atoms with Gasteiger partial charge in [0.2, 0.25) is 0 Å². The van der Waals surface area contributed by atoms with Crippen molar-refractivity contribution in [2.24, 2.45) is 4.99 Å². The van der Waals surface area contributed by atoms with Gasteiger partial charge in [0.25, 0.3) is 0 Å². The predicted octanol–water partition coefficient (Wildman–Crippen LogP) is 4.60. The molecule has 1 aliphatic rings. The Morgan fingerprint density at radius 2 is 1.92 bits per heavy atom. The topological polar surface area (TPSA) is 37.5 Å². The largest absolute Gasteiger partial charge is 0.460 e. The van der Waals surface area contributed by atoms with Crippen LogP contribution in [0.4, 0.5) is 13.2 Å². The molecule has 0 radical (unpaired) electrons. The zero-order valence-corrected chi connectivity index (χ0v) is 14.0. The van der Waals surface area contributed by atoms with Gasteiger partial charge in [0.15, 0.2) is 23.2 Å². The van der Waals surface area contributed by atoms with E-state index in [0.717, 1.165) is 23.4 Å². The molecule has 0 atom stereocenters. The van der Waals surface area contributed by atoms with Crippen LogP contribution in [0.1, 0.15) is 11.3 Å². The van der Waals surface area contributed by atoms with Crippen molar-refractivity contribution >= 4 is 29.0 Å². The van der Waals surface area contributed by atoms with Gasteiger partial charge in [-0.15, -0.1) is 12.4 Å². The molecular formula is C18H14ClF3N2O. The summed E-state index contributed by atoms with van der Waals surface area (Å²) < 4.78 is 47.0. The van der Waals surface area contributed by atoms with Crippen LogP contribution in [0.25, 0.3) is 21.9 Å². The summed E-state index contributed by atoms with van der Waals surface area (Å²) >= 11 is 0. The second-order valence-corrected chi connectivity index (χ2v) is 5.68. The van der Waals surface area contributed by atoms with E-state index in [-0.39, 0.29) is 23.5 Å². The van der Waals surface area contributed by atoms with Gasteiger partial charge in [0.1, 0.15) is 5.82 Å². The van der Waals surface area contributed by atoms with Crippen LogP contribution in [0.15, 0.2) is 39.9 Å². The minimum Gasteiger partial charge on any atom is -0.460 e. The second-order valence-electron chi connectivity index (χ2n) is 5.68. The number of nitrogens with zero attached hydrogens (tertiary/aromatic N) is 1. The van der Waals surface area contributed by atoms with Gasteiger partial charge < -0.3 is 9.73 Å². The highest BCUT2D eigenvalue weighted by Crippen LogP contribution is 2.32. The maximum Gasteiger partial charge on any atom is 0.176 e. The highest BCUT2D eigenvalue weighted by molar-refractivity contribution is 6.08. The van der Waals surface area contributed by atoms with Gasteiger partial charge in [0, 0.05) is 28.4 Å². The number of nitrogens with one attached hydrogen (secondary N) is 1. The lowest BCUT2D eigenvalue weighted by Gasteiger charge is -2.08. The van der Waals surface area contributed by atoms with Crippen LogP contribution in [0.2, 0.25) is 0 Å². The van der Waals surface area contributed by atoms with E-state index in [4.69, 9.17) is 4.42 Å². The van der Waals surface area contributed by atoms with Gasteiger partial charge in [-0.05, 0) is 30.7 Å². The lowest BCUT2D eigenvalue weighted by molar-refractivity contribution is 0.487. The minimum atomic E-state index is -1.16. The van der Waals surface area contributed by atoms with Crippen molar-refractivity contribution in [3.8, 4) is 11.1 Å². The number of hydrogen-bond acceptors (Lipinski definition) is 3. The van der Waals surface area contributed by atoms with E-state index in [1.54, 1.807) is 24.5 Å². The fraction of sp³-hybridized carbons (Fsp3) is 0.167. The molecule has 0 bridgehead atoms. The van der Waals surface area contributed by atoms with Crippen LogP contribution in [-0.2, 0) is 0 Å². The normalized spacial score (nSPS) is 13.5. The molecule has 1 aromatic heterocycles. The number of halogens is 4. The van der Waals surface area contributed by atoms with Gasteiger partial charge in [-0.3, -0.25) is 4.99 Å². The van der Waals surface area contributed by atoms with Crippen molar-refractivity contribution in [2.45, 2.75) is 6.92 Å². The molecule has 0 spiro atoms. The molecule has 0 aliphatic carbocycles. The van der Waals surface area contributed by atoms with Crippen LogP contribution in [0.5, 0.6) is 0 Å². The average molecular weight is 367 g/mol. The SMILES string of the molecule is Cc1c(F)c(F)cc(-c2ccc3c(C4=NCCN4)occ3c2)c1F.Cl. The van der Waals surface area contributed by atoms with Crippen molar-refractivity contribution < 1.29 is 17.6 Å². The summed E-state index contributed by atoms with van der Waals surface area (Å²) in [6, 6.07) is 5.99. The van der Waals surface area contributed by atoms with E-state index in [1.165, 1.54) is 6.92 Å². The standard InChI is InChI=1S/C18H13F3N2O.ClH/c1-9-15(20)13(7-14(19)16(9)21)10-2-3-12-11(6-10)8-24-17(12)18-22-4-5-23-18;/h2-3,6-8H,4-5H2,1H3,(H,22,23);1H. The van der Waals surface area contributed by atoms with Crippen molar-refractivity contribution in [1.29, 1.82) is 0 Å². The van der Waals surface area contributed by atoms with Crippen molar-refractivity contribution in [3.63, 3.8) is 0 Å². The summed E-state index contributed by atoms with van der Waals surface area (Å²) in [6.07, 6.45) is 1.54. The summed E-state index contributed by atoms with van der Waals surface area (Å²) in [5, 5.41) is 4.70. The summed E-state index contributed by atoms with van der Waals surface area (Å²) in [5.41, 5.74) is 0.144. The molecule has 130 valence electrons. The lowest BCUT2D eigenvalue weighted by Crippen LogP contribution is -2.18. The Hall–Kier alpha value is -2.47. The maximum atomic E-state index is 14.3. The van der Waals surface area contributed by atoms with Crippen molar-refractivity contribution in [1.82, 2.24) is 5.32 Å². The molecule has 2 aromatic carbocycles. The van der Waals surface area contributed by atoms with Gasteiger partial charge in [-0.2, -0.15) is 0 Å². The third-order valence-electron chi connectivity index (χ3n) is 4.18. The van der Waals surface area contributed by atoms with Crippen LogP contribution in [0.3, 0.4) is 0 Å². The molecule has 25 heavy (non-hydrogen) atoms. The lowest BCUT2D eigenvalue weighted by atomic mass is 9.99. The molecular weight excluding hydrogens is 353 g/mol. The third kappa shape index (κ3) is 2.76. The van der Waals surface area contributed by atoms with Crippen LogP contribution < -0.4 is 5.32 Å². The van der Waals surface area contributed by atoms with E-state index < -0.39 is 17.5 Å².